The molecular formula is C10H18NO2+. The molecule has 3 aliphatic heterocycles. The van der Waals surface area contributed by atoms with E-state index in [1.165, 1.54) is 33.0 Å². The molecule has 3 heterocycles. The molecule has 0 aromatic carbocycles. The summed E-state index contributed by atoms with van der Waals surface area (Å²) in [5, 5.41) is 0. The molecule has 3 saturated heterocycles. The highest BCUT2D eigenvalue weighted by Gasteiger charge is 2.46. The molecule has 0 aliphatic carbocycles. The first-order valence-corrected chi connectivity index (χ1v) is 5.06. The predicted octanol–water partition coefficient (Wildman–Crippen LogP) is 0.646. The summed E-state index contributed by atoms with van der Waals surface area (Å²) >= 11 is 0. The minimum atomic E-state index is 0.00810. The highest BCUT2D eigenvalue weighted by Crippen LogP contribution is 2.36. The zero-order chi connectivity index (χ0) is 9.47. The van der Waals surface area contributed by atoms with Crippen LogP contribution in [0.1, 0.15) is 12.8 Å². The highest BCUT2D eigenvalue weighted by molar-refractivity contribution is 5.73. The molecule has 0 saturated carbocycles. The standard InChI is InChI=1S/C10H18NO2/c1-11-5-3-8(4-6-11)9(7-11)10(12)13-2/h8-9H,3-7H2,1-2H3/q+1. The van der Waals surface area contributed by atoms with E-state index >= 15 is 0 Å². The number of carbonyl (C=O) groups is 1. The van der Waals surface area contributed by atoms with Crippen molar-refractivity contribution in [3.8, 4) is 0 Å². The molecule has 74 valence electrons. The topological polar surface area (TPSA) is 26.3 Å². The third kappa shape index (κ3) is 1.46. The third-order valence-electron chi connectivity index (χ3n) is 3.79. The zero-order valence-electron chi connectivity index (χ0n) is 8.45. The fourth-order valence-electron chi connectivity index (χ4n) is 2.84. The molecule has 3 nitrogen and oxygen atoms in total. The number of nitrogens with zero attached hydrogens (tertiary/aromatic N) is 1. The number of esters is 1. The number of hydrogen-bond acceptors (Lipinski definition) is 2. The summed E-state index contributed by atoms with van der Waals surface area (Å²) in [6, 6.07) is 0. The summed E-state index contributed by atoms with van der Waals surface area (Å²) in [5.74, 6) is 0.790. The molecule has 3 fully saturated rings. The fraction of sp³-hybridized carbons (Fsp3) is 0.900. The lowest BCUT2D eigenvalue weighted by atomic mass is 9.77. The average molecular weight is 184 g/mol. The molecule has 1 unspecified atom stereocenters. The Morgan fingerprint density at radius 1 is 1.38 bits per heavy atom. The Kier molecular flexibility index (Phi) is 2.06. The Morgan fingerprint density at radius 3 is 2.46 bits per heavy atom. The van der Waals surface area contributed by atoms with Crippen LogP contribution in [0.15, 0.2) is 0 Å². The first-order chi connectivity index (χ1) is 6.14. The maximum atomic E-state index is 11.5. The predicted molar refractivity (Wildman–Crippen MR) is 49.0 cm³/mol. The van der Waals surface area contributed by atoms with Crippen LogP contribution in [0.5, 0.6) is 0 Å². The lowest BCUT2D eigenvalue weighted by molar-refractivity contribution is -0.927. The normalized spacial score (nSPS) is 43.2. The molecule has 0 aromatic heterocycles. The van der Waals surface area contributed by atoms with Crippen molar-refractivity contribution in [2.24, 2.45) is 11.8 Å². The summed E-state index contributed by atoms with van der Waals surface area (Å²) in [5.41, 5.74) is 0. The zero-order valence-corrected chi connectivity index (χ0v) is 8.45. The minimum absolute atomic E-state index is 0.00810. The van der Waals surface area contributed by atoms with Crippen LogP contribution in [0, 0.1) is 11.8 Å². The molecule has 0 aromatic rings. The van der Waals surface area contributed by atoms with E-state index in [9.17, 15) is 4.79 Å². The van der Waals surface area contributed by atoms with Gasteiger partial charge in [0.15, 0.2) is 0 Å². The van der Waals surface area contributed by atoms with Gasteiger partial charge in [-0.3, -0.25) is 4.79 Å². The van der Waals surface area contributed by atoms with Gasteiger partial charge in [0.2, 0.25) is 0 Å². The summed E-state index contributed by atoms with van der Waals surface area (Å²) in [6.07, 6.45) is 2.41. The summed E-state index contributed by atoms with van der Waals surface area (Å²) < 4.78 is 5.92. The van der Waals surface area contributed by atoms with Crippen LogP contribution in [0.3, 0.4) is 0 Å². The smallest absolute Gasteiger partial charge is 0.314 e. The Labute approximate surface area is 79.3 Å². The number of quaternary nitrogens is 1. The van der Waals surface area contributed by atoms with Crippen molar-refractivity contribution >= 4 is 5.97 Å². The van der Waals surface area contributed by atoms with E-state index in [4.69, 9.17) is 4.74 Å². The largest absolute Gasteiger partial charge is 0.469 e. The van der Waals surface area contributed by atoms with Crippen molar-refractivity contribution in [1.82, 2.24) is 0 Å². The maximum Gasteiger partial charge on any atom is 0.314 e. The van der Waals surface area contributed by atoms with E-state index < -0.39 is 0 Å². The second-order valence-corrected chi connectivity index (χ2v) is 4.72. The summed E-state index contributed by atoms with van der Waals surface area (Å²) in [6.45, 7) is 3.49. The first-order valence-electron chi connectivity index (χ1n) is 5.06. The lowest BCUT2D eigenvalue weighted by Crippen LogP contribution is -2.60. The van der Waals surface area contributed by atoms with E-state index in [1.807, 2.05) is 0 Å². The van der Waals surface area contributed by atoms with Crippen LogP contribution in [0.25, 0.3) is 0 Å². The quantitative estimate of drug-likeness (QED) is 0.442. The molecule has 0 N–H and O–H groups in total. The number of rotatable bonds is 1. The molecule has 0 amide bonds. The van der Waals surface area contributed by atoms with Crippen molar-refractivity contribution in [2.75, 3.05) is 33.8 Å². The van der Waals surface area contributed by atoms with E-state index in [-0.39, 0.29) is 11.9 Å². The minimum Gasteiger partial charge on any atom is -0.469 e. The Hall–Kier alpha value is -0.570. The molecular weight excluding hydrogens is 166 g/mol. The van der Waals surface area contributed by atoms with Gasteiger partial charge in [0.05, 0.1) is 33.8 Å². The van der Waals surface area contributed by atoms with Crippen molar-refractivity contribution in [2.45, 2.75) is 12.8 Å². The van der Waals surface area contributed by atoms with E-state index in [0.29, 0.717) is 5.92 Å². The van der Waals surface area contributed by atoms with Gasteiger partial charge in [-0.15, -0.1) is 0 Å². The lowest BCUT2D eigenvalue weighted by Gasteiger charge is -2.49. The number of fused-ring (bicyclic) bond motifs is 3. The van der Waals surface area contributed by atoms with Gasteiger partial charge < -0.3 is 9.22 Å². The highest BCUT2D eigenvalue weighted by atomic mass is 16.5. The van der Waals surface area contributed by atoms with E-state index in [1.54, 1.807) is 0 Å². The molecule has 0 spiro atoms. The summed E-state index contributed by atoms with van der Waals surface area (Å²) in [4.78, 5) is 11.5. The van der Waals surface area contributed by atoms with E-state index in [2.05, 4.69) is 7.05 Å². The average Bonchev–Trinajstić information content (AvgIpc) is 2.16. The molecule has 3 aliphatic rings. The Balaban J connectivity index is 2.11. The van der Waals surface area contributed by atoms with Crippen LogP contribution in [-0.4, -0.2) is 44.2 Å². The van der Waals surface area contributed by atoms with Crippen molar-refractivity contribution < 1.29 is 14.0 Å². The van der Waals surface area contributed by atoms with E-state index in [0.717, 1.165) is 11.0 Å². The monoisotopic (exact) mass is 184 g/mol. The third-order valence-corrected chi connectivity index (χ3v) is 3.79. The second kappa shape index (κ2) is 2.98. The molecule has 3 heteroatoms. The van der Waals surface area contributed by atoms with Gasteiger partial charge >= 0.3 is 5.97 Å². The maximum absolute atomic E-state index is 11.5. The Bertz CT molecular complexity index is 219. The molecule has 0 radical (unpaired) electrons. The molecule has 2 bridgehead atoms. The van der Waals surface area contributed by atoms with Gasteiger partial charge in [-0.1, -0.05) is 0 Å². The molecule has 3 rings (SSSR count). The van der Waals surface area contributed by atoms with Crippen LogP contribution in [0.2, 0.25) is 0 Å². The number of piperidine rings is 3. The number of hydrogen-bond donors (Lipinski definition) is 0. The van der Waals surface area contributed by atoms with Crippen molar-refractivity contribution in [1.29, 1.82) is 0 Å². The van der Waals surface area contributed by atoms with Crippen LogP contribution >= 0.6 is 0 Å². The van der Waals surface area contributed by atoms with Crippen LogP contribution < -0.4 is 0 Å². The van der Waals surface area contributed by atoms with Gasteiger partial charge in [-0.25, -0.2) is 0 Å². The number of carbonyl (C=O) groups excluding carboxylic acids is 1. The fourth-order valence-corrected chi connectivity index (χ4v) is 2.84. The Morgan fingerprint density at radius 2 is 2.00 bits per heavy atom. The van der Waals surface area contributed by atoms with Gasteiger partial charge in [-0.2, -0.15) is 0 Å². The summed E-state index contributed by atoms with van der Waals surface area (Å²) in [7, 11) is 3.76. The van der Waals surface area contributed by atoms with Gasteiger partial charge in [0.25, 0.3) is 0 Å². The number of ether oxygens (including phenoxy) is 1. The number of methoxy groups -OCH3 is 1. The van der Waals surface area contributed by atoms with Gasteiger partial charge in [-0.05, 0) is 5.92 Å². The second-order valence-electron chi connectivity index (χ2n) is 4.72. The van der Waals surface area contributed by atoms with Gasteiger partial charge in [0.1, 0.15) is 5.92 Å². The van der Waals surface area contributed by atoms with Crippen molar-refractivity contribution in [3.05, 3.63) is 0 Å². The SMILES string of the molecule is COC(=O)C1C[N+]2(C)CCC1CC2. The molecule has 13 heavy (non-hydrogen) atoms. The first kappa shape index (κ1) is 9.00. The molecule has 1 atom stereocenters. The van der Waals surface area contributed by atoms with Gasteiger partial charge in [0, 0.05) is 12.8 Å². The van der Waals surface area contributed by atoms with Crippen LogP contribution in [-0.2, 0) is 9.53 Å². The van der Waals surface area contributed by atoms with Crippen LogP contribution in [0.4, 0.5) is 0 Å². The van der Waals surface area contributed by atoms with Crippen molar-refractivity contribution in [3.63, 3.8) is 0 Å².